The molecule has 9 heteroatoms. The van der Waals surface area contributed by atoms with Crippen LogP contribution >= 0.6 is 0 Å². The Bertz CT molecular complexity index is 747. The van der Waals surface area contributed by atoms with Gasteiger partial charge >= 0.3 is 5.97 Å². The van der Waals surface area contributed by atoms with Gasteiger partial charge in [0.25, 0.3) is 0 Å². The smallest absolute Gasteiger partial charge is 0.306 e. The minimum Gasteiger partial charge on any atom is -0.457 e. The van der Waals surface area contributed by atoms with E-state index in [4.69, 9.17) is 18.9 Å². The molecule has 48 heavy (non-hydrogen) atoms. The van der Waals surface area contributed by atoms with Gasteiger partial charge in [0.2, 0.25) is 0 Å². The van der Waals surface area contributed by atoms with Crippen LogP contribution in [0.5, 0.6) is 0 Å². The van der Waals surface area contributed by atoms with Crippen molar-refractivity contribution in [2.75, 3.05) is 26.4 Å². The Morgan fingerprint density at radius 1 is 0.646 bits per heavy atom. The third-order valence-corrected chi connectivity index (χ3v) is 9.18. The van der Waals surface area contributed by atoms with Crippen molar-refractivity contribution >= 4 is 5.97 Å². The first-order chi connectivity index (χ1) is 23.4. The summed E-state index contributed by atoms with van der Waals surface area (Å²) in [4.78, 5) is 12.7. The van der Waals surface area contributed by atoms with Crippen LogP contribution in [0.15, 0.2) is 12.2 Å². The minimum atomic E-state index is -1.53. The van der Waals surface area contributed by atoms with E-state index in [9.17, 15) is 25.2 Å². The van der Waals surface area contributed by atoms with Crippen LogP contribution in [0.1, 0.15) is 168 Å². The number of allylic oxidation sites excluding steroid dienone is 2. The lowest BCUT2D eigenvalue weighted by molar-refractivity contribution is -0.305. The normalized spacial score (nSPS) is 22.0. The zero-order valence-corrected chi connectivity index (χ0v) is 30.7. The molecule has 0 aromatic carbocycles. The fourth-order valence-electron chi connectivity index (χ4n) is 6.00. The Morgan fingerprint density at radius 2 is 1.17 bits per heavy atom. The number of hydrogen-bond donors (Lipinski definition) is 4. The SMILES string of the molecule is CCCC/C=C\CCCCCCCCOCC(COC1OC(CO)C(O)C(O)C1O)OC(=O)CCCCCCCCCCCCCCC. The highest BCUT2D eigenvalue weighted by Crippen LogP contribution is 2.22. The molecule has 0 radical (unpaired) electrons. The first-order valence-electron chi connectivity index (χ1n) is 19.8. The van der Waals surface area contributed by atoms with Crippen LogP contribution in [0.25, 0.3) is 0 Å². The van der Waals surface area contributed by atoms with Crippen molar-refractivity contribution in [1.82, 2.24) is 0 Å². The van der Waals surface area contributed by atoms with Gasteiger partial charge in [-0.1, -0.05) is 142 Å². The molecule has 0 amide bonds. The highest BCUT2D eigenvalue weighted by atomic mass is 16.7. The number of carbonyl (C=O) groups excluding carboxylic acids is 1. The Hall–Kier alpha value is -1.07. The average molecular weight is 687 g/mol. The van der Waals surface area contributed by atoms with Gasteiger partial charge in [-0.15, -0.1) is 0 Å². The van der Waals surface area contributed by atoms with Crippen molar-refractivity contribution in [3.63, 3.8) is 0 Å². The number of esters is 1. The van der Waals surface area contributed by atoms with Gasteiger partial charge in [-0.05, 0) is 32.1 Å². The van der Waals surface area contributed by atoms with Crippen LogP contribution < -0.4 is 0 Å². The maximum Gasteiger partial charge on any atom is 0.306 e. The van der Waals surface area contributed by atoms with Gasteiger partial charge in [0.15, 0.2) is 6.29 Å². The van der Waals surface area contributed by atoms with E-state index in [0.29, 0.717) is 13.0 Å². The van der Waals surface area contributed by atoms with Crippen molar-refractivity contribution < 1.29 is 44.2 Å². The lowest BCUT2D eigenvalue weighted by Gasteiger charge is -2.39. The lowest BCUT2D eigenvalue weighted by Crippen LogP contribution is -2.59. The largest absolute Gasteiger partial charge is 0.457 e. The highest BCUT2D eigenvalue weighted by molar-refractivity contribution is 5.69. The maximum atomic E-state index is 12.7. The van der Waals surface area contributed by atoms with Gasteiger partial charge in [0.1, 0.15) is 30.5 Å². The van der Waals surface area contributed by atoms with E-state index in [1.807, 2.05) is 0 Å². The summed E-state index contributed by atoms with van der Waals surface area (Å²) < 4.78 is 22.7. The van der Waals surface area contributed by atoms with Gasteiger partial charge in [0.05, 0.1) is 19.8 Å². The van der Waals surface area contributed by atoms with Crippen molar-refractivity contribution in [3.8, 4) is 0 Å². The monoisotopic (exact) mass is 687 g/mol. The van der Waals surface area contributed by atoms with Crippen LogP contribution in [-0.4, -0.2) is 89.6 Å². The molecular formula is C39H74O9. The molecule has 0 aromatic rings. The number of unbranched alkanes of at least 4 members (excludes halogenated alkanes) is 20. The van der Waals surface area contributed by atoms with E-state index in [2.05, 4.69) is 26.0 Å². The number of hydrogen-bond acceptors (Lipinski definition) is 9. The van der Waals surface area contributed by atoms with Crippen LogP contribution in [0.3, 0.4) is 0 Å². The number of carbonyl (C=O) groups is 1. The molecule has 1 fully saturated rings. The summed E-state index contributed by atoms with van der Waals surface area (Å²) in [6.07, 6.45) is 25.2. The molecule has 0 aromatic heterocycles. The molecule has 1 rings (SSSR count). The second-order valence-electron chi connectivity index (χ2n) is 13.7. The number of aliphatic hydroxyl groups excluding tert-OH is 4. The molecule has 0 aliphatic carbocycles. The van der Waals surface area contributed by atoms with Crippen LogP contribution in [0, 0.1) is 0 Å². The Morgan fingerprint density at radius 3 is 1.75 bits per heavy atom. The Kier molecular flexibility index (Phi) is 29.9. The zero-order chi connectivity index (χ0) is 35.1. The molecular weight excluding hydrogens is 612 g/mol. The van der Waals surface area contributed by atoms with Gasteiger partial charge in [-0.3, -0.25) is 4.79 Å². The second kappa shape index (κ2) is 31.9. The summed E-state index contributed by atoms with van der Waals surface area (Å²) in [5.74, 6) is -0.315. The molecule has 1 heterocycles. The Labute approximate surface area is 293 Å². The van der Waals surface area contributed by atoms with E-state index in [0.717, 1.165) is 38.5 Å². The Balaban J connectivity index is 2.32. The molecule has 1 aliphatic heterocycles. The quantitative estimate of drug-likeness (QED) is 0.0311. The van der Waals surface area contributed by atoms with Crippen molar-refractivity contribution in [2.45, 2.75) is 205 Å². The molecule has 0 spiro atoms. The maximum absolute atomic E-state index is 12.7. The van der Waals surface area contributed by atoms with E-state index in [1.165, 1.54) is 109 Å². The molecule has 0 saturated carbocycles. The molecule has 4 N–H and O–H groups in total. The van der Waals surface area contributed by atoms with E-state index in [1.54, 1.807) is 0 Å². The van der Waals surface area contributed by atoms with Crippen molar-refractivity contribution in [2.24, 2.45) is 0 Å². The first-order valence-corrected chi connectivity index (χ1v) is 19.8. The lowest BCUT2D eigenvalue weighted by atomic mass is 9.99. The third kappa shape index (κ3) is 23.4. The van der Waals surface area contributed by atoms with E-state index in [-0.39, 0.29) is 19.2 Å². The number of ether oxygens (including phenoxy) is 4. The average Bonchev–Trinajstić information content (AvgIpc) is 3.08. The highest BCUT2D eigenvalue weighted by Gasteiger charge is 2.44. The van der Waals surface area contributed by atoms with Gasteiger partial charge < -0.3 is 39.4 Å². The van der Waals surface area contributed by atoms with Crippen molar-refractivity contribution in [1.29, 1.82) is 0 Å². The van der Waals surface area contributed by atoms with E-state index < -0.39 is 43.4 Å². The molecule has 0 bridgehead atoms. The summed E-state index contributed by atoms with van der Waals surface area (Å²) in [5.41, 5.74) is 0. The summed E-state index contributed by atoms with van der Waals surface area (Å²) in [5, 5.41) is 39.9. The molecule has 6 unspecified atom stereocenters. The predicted molar refractivity (Wildman–Crippen MR) is 192 cm³/mol. The third-order valence-electron chi connectivity index (χ3n) is 9.18. The first kappa shape index (κ1) is 45.0. The van der Waals surface area contributed by atoms with Crippen LogP contribution in [-0.2, 0) is 23.7 Å². The molecule has 284 valence electrons. The minimum absolute atomic E-state index is 0.111. The van der Waals surface area contributed by atoms with Gasteiger partial charge in [0, 0.05) is 13.0 Å². The zero-order valence-electron chi connectivity index (χ0n) is 30.7. The number of rotatable bonds is 33. The number of aliphatic hydroxyl groups is 4. The van der Waals surface area contributed by atoms with Crippen molar-refractivity contribution in [3.05, 3.63) is 12.2 Å². The van der Waals surface area contributed by atoms with Gasteiger partial charge in [-0.25, -0.2) is 0 Å². The summed E-state index contributed by atoms with van der Waals surface area (Å²) >= 11 is 0. The summed E-state index contributed by atoms with van der Waals surface area (Å²) in [6, 6.07) is 0. The molecule has 6 atom stereocenters. The molecule has 9 nitrogen and oxygen atoms in total. The fraction of sp³-hybridized carbons (Fsp3) is 0.923. The van der Waals surface area contributed by atoms with Crippen LogP contribution in [0.4, 0.5) is 0 Å². The fourth-order valence-corrected chi connectivity index (χ4v) is 6.00. The predicted octanol–water partition coefficient (Wildman–Crippen LogP) is 7.69. The van der Waals surface area contributed by atoms with Crippen LogP contribution in [0.2, 0.25) is 0 Å². The summed E-state index contributed by atoms with van der Waals surface area (Å²) in [6.45, 7) is 4.51. The molecule has 1 saturated heterocycles. The van der Waals surface area contributed by atoms with E-state index >= 15 is 0 Å². The van der Waals surface area contributed by atoms with Gasteiger partial charge in [-0.2, -0.15) is 0 Å². The second-order valence-corrected chi connectivity index (χ2v) is 13.7. The standard InChI is InChI=1S/C39H74O9/c1-3-5-7-9-11-13-15-17-18-20-22-24-26-28-35(41)47-33(32-46-39-38(44)37(43)36(42)34(30-40)48-39)31-45-29-27-25-23-21-19-16-14-12-10-8-6-4-2/h10,12,33-34,36-40,42-44H,3-9,11,13-32H2,1-2H3/b12-10-. The molecule has 1 aliphatic rings. The summed E-state index contributed by atoms with van der Waals surface area (Å²) in [7, 11) is 0. The topological polar surface area (TPSA) is 135 Å².